The maximum Gasteiger partial charge on any atom is 0.416 e. The first kappa shape index (κ1) is 29.1. The SMILES string of the molecule is C=C/C(=C\C=C(/C)OCC1C(C)CC(F)(F)CN1C(=O)C(=N)/C(=C\NC)C/C=C\C)C(F)(F)F. The van der Waals surface area contributed by atoms with E-state index in [0.29, 0.717) is 11.6 Å². The molecule has 34 heavy (non-hydrogen) atoms. The minimum Gasteiger partial charge on any atom is -0.496 e. The van der Waals surface area contributed by atoms with Crippen molar-refractivity contribution in [1.82, 2.24) is 10.2 Å². The van der Waals surface area contributed by atoms with Crippen LogP contribution >= 0.6 is 0 Å². The Labute approximate surface area is 197 Å². The van der Waals surface area contributed by atoms with Gasteiger partial charge in [-0.1, -0.05) is 31.7 Å². The van der Waals surface area contributed by atoms with Crippen LogP contribution in [0.1, 0.15) is 33.6 Å². The summed E-state index contributed by atoms with van der Waals surface area (Å²) in [6.45, 7) is 6.80. The van der Waals surface area contributed by atoms with E-state index in [2.05, 4.69) is 11.9 Å². The summed E-state index contributed by atoms with van der Waals surface area (Å²) in [5.41, 5.74) is -1.05. The van der Waals surface area contributed by atoms with E-state index < -0.39 is 54.2 Å². The molecule has 1 heterocycles. The van der Waals surface area contributed by atoms with Gasteiger partial charge in [-0.25, -0.2) is 8.78 Å². The van der Waals surface area contributed by atoms with Gasteiger partial charge in [0.1, 0.15) is 12.3 Å². The molecule has 0 aromatic rings. The number of amides is 1. The van der Waals surface area contributed by atoms with Crippen molar-refractivity contribution >= 4 is 11.6 Å². The molecule has 1 aliphatic heterocycles. The van der Waals surface area contributed by atoms with Gasteiger partial charge in [-0.3, -0.25) is 10.2 Å². The zero-order valence-corrected chi connectivity index (χ0v) is 19.8. The molecule has 2 atom stereocenters. The highest BCUT2D eigenvalue weighted by Crippen LogP contribution is 2.35. The van der Waals surface area contributed by atoms with Crippen LogP contribution in [0.2, 0.25) is 0 Å². The smallest absolute Gasteiger partial charge is 0.416 e. The fourth-order valence-electron chi connectivity index (χ4n) is 3.51. The summed E-state index contributed by atoms with van der Waals surface area (Å²) < 4.78 is 72.7. The van der Waals surface area contributed by atoms with E-state index in [4.69, 9.17) is 10.1 Å². The lowest BCUT2D eigenvalue weighted by atomic mass is 9.88. The van der Waals surface area contributed by atoms with Crippen LogP contribution < -0.4 is 5.32 Å². The number of likely N-dealkylation sites (tertiary alicyclic amines) is 1. The van der Waals surface area contributed by atoms with Crippen LogP contribution in [0.15, 0.2) is 60.1 Å². The van der Waals surface area contributed by atoms with Crippen molar-refractivity contribution in [1.29, 1.82) is 5.41 Å². The first-order chi connectivity index (χ1) is 15.8. The van der Waals surface area contributed by atoms with Crippen LogP contribution in [0.3, 0.4) is 0 Å². The first-order valence-electron chi connectivity index (χ1n) is 10.7. The van der Waals surface area contributed by atoms with Gasteiger partial charge in [0.25, 0.3) is 11.8 Å². The maximum atomic E-state index is 14.3. The van der Waals surface area contributed by atoms with Crippen LogP contribution in [-0.4, -0.2) is 54.9 Å². The summed E-state index contributed by atoms with van der Waals surface area (Å²) in [6, 6.07) is -0.793. The van der Waals surface area contributed by atoms with E-state index in [1.54, 1.807) is 33.0 Å². The summed E-state index contributed by atoms with van der Waals surface area (Å²) in [4.78, 5) is 14.0. The minimum atomic E-state index is -4.57. The van der Waals surface area contributed by atoms with Gasteiger partial charge in [0, 0.05) is 25.2 Å². The Morgan fingerprint density at radius 3 is 2.50 bits per heavy atom. The van der Waals surface area contributed by atoms with Gasteiger partial charge in [0.15, 0.2) is 0 Å². The van der Waals surface area contributed by atoms with E-state index in [9.17, 15) is 26.7 Å². The standard InChI is InChI=1S/C24H32F5N3O2/c1-6-8-9-18(13-31-5)21(30)22(33)32-15-23(25,26)12-16(3)20(32)14-34-17(4)10-11-19(7-2)24(27,28)29/h6-8,10-11,13,16,20,30-31H,2,9,12,14-15H2,1,3-5H3/b8-6-,17-10+,18-13-,19-11+,30-21?. The fraction of sp³-hybridized carbons (Fsp3) is 0.500. The van der Waals surface area contributed by atoms with E-state index in [-0.39, 0.29) is 18.8 Å². The lowest BCUT2D eigenvalue weighted by Gasteiger charge is -2.43. The number of nitrogens with zero attached hydrogens (tertiary/aromatic N) is 1. The van der Waals surface area contributed by atoms with Gasteiger partial charge in [0.2, 0.25) is 0 Å². The van der Waals surface area contributed by atoms with Crippen molar-refractivity contribution in [2.45, 2.75) is 51.8 Å². The summed E-state index contributed by atoms with van der Waals surface area (Å²) >= 11 is 0. The van der Waals surface area contributed by atoms with Gasteiger partial charge in [-0.05, 0) is 38.3 Å². The number of alkyl halides is 5. The van der Waals surface area contributed by atoms with Crippen LogP contribution in [0.4, 0.5) is 22.0 Å². The molecule has 2 N–H and O–H groups in total. The van der Waals surface area contributed by atoms with E-state index in [0.717, 1.165) is 17.1 Å². The Morgan fingerprint density at radius 1 is 1.32 bits per heavy atom. The molecule has 1 fully saturated rings. The van der Waals surface area contributed by atoms with Crippen LogP contribution in [0.25, 0.3) is 0 Å². The van der Waals surface area contributed by atoms with Crippen LogP contribution in [-0.2, 0) is 9.53 Å². The molecule has 1 amide bonds. The summed E-state index contributed by atoms with van der Waals surface area (Å²) in [5.74, 6) is -4.56. The van der Waals surface area contributed by atoms with Crippen molar-refractivity contribution < 1.29 is 31.5 Å². The molecule has 2 unspecified atom stereocenters. The molecule has 0 aliphatic carbocycles. The number of ether oxygens (including phenoxy) is 1. The molecule has 0 bridgehead atoms. The molecule has 1 aliphatic rings. The molecule has 5 nitrogen and oxygen atoms in total. The lowest BCUT2D eigenvalue weighted by Crippen LogP contribution is -2.58. The Kier molecular flexibility index (Phi) is 10.7. The highest BCUT2D eigenvalue weighted by Gasteiger charge is 2.47. The van der Waals surface area contributed by atoms with Crippen LogP contribution in [0.5, 0.6) is 0 Å². The summed E-state index contributed by atoms with van der Waals surface area (Å²) in [7, 11) is 1.60. The quantitative estimate of drug-likeness (QED) is 0.139. The second-order valence-electron chi connectivity index (χ2n) is 8.06. The number of hydrogen-bond donors (Lipinski definition) is 2. The Hall–Kier alpha value is -2.91. The number of allylic oxidation sites excluding steroid dienone is 7. The minimum absolute atomic E-state index is 0.111. The largest absolute Gasteiger partial charge is 0.496 e. The average molecular weight is 490 g/mol. The maximum absolute atomic E-state index is 14.3. The molecule has 1 saturated heterocycles. The number of carbonyl (C=O) groups excluding carboxylic acids is 1. The molecule has 10 heteroatoms. The van der Waals surface area contributed by atoms with Gasteiger partial charge in [0.05, 0.1) is 23.9 Å². The van der Waals surface area contributed by atoms with E-state index in [1.807, 2.05) is 0 Å². The summed E-state index contributed by atoms with van der Waals surface area (Å²) in [6.07, 6.45) is 2.74. The molecular formula is C24H32F5N3O2. The third-order valence-corrected chi connectivity index (χ3v) is 5.29. The monoisotopic (exact) mass is 489 g/mol. The molecule has 190 valence electrons. The van der Waals surface area contributed by atoms with Gasteiger partial charge in [-0.15, -0.1) is 0 Å². The molecular weight excluding hydrogens is 457 g/mol. The number of rotatable bonds is 10. The topological polar surface area (TPSA) is 65.4 Å². The predicted molar refractivity (Wildman–Crippen MR) is 123 cm³/mol. The zero-order chi connectivity index (χ0) is 26.1. The third kappa shape index (κ3) is 8.46. The number of carbonyl (C=O) groups is 1. The lowest BCUT2D eigenvalue weighted by molar-refractivity contribution is -0.149. The number of nitrogens with one attached hydrogen (secondary N) is 2. The molecule has 0 saturated carbocycles. The first-order valence-corrected chi connectivity index (χ1v) is 10.7. The second-order valence-corrected chi connectivity index (χ2v) is 8.06. The average Bonchev–Trinajstić information content (AvgIpc) is 2.73. The predicted octanol–water partition coefficient (Wildman–Crippen LogP) is 5.54. The second kappa shape index (κ2) is 12.5. The van der Waals surface area contributed by atoms with Crippen molar-refractivity contribution in [2.24, 2.45) is 5.92 Å². The van der Waals surface area contributed by atoms with E-state index in [1.165, 1.54) is 13.1 Å². The third-order valence-electron chi connectivity index (χ3n) is 5.29. The molecule has 0 aromatic heterocycles. The molecule has 1 rings (SSSR count). The Bertz CT molecular complexity index is 872. The molecule has 0 aromatic carbocycles. The van der Waals surface area contributed by atoms with Gasteiger partial charge in [-0.2, -0.15) is 13.2 Å². The Morgan fingerprint density at radius 2 is 1.97 bits per heavy atom. The van der Waals surface area contributed by atoms with Crippen molar-refractivity contribution in [3.05, 3.63) is 60.1 Å². The number of hydrogen-bond acceptors (Lipinski definition) is 4. The number of halogens is 5. The highest BCUT2D eigenvalue weighted by atomic mass is 19.4. The Balaban J connectivity index is 3.13. The van der Waals surface area contributed by atoms with Gasteiger partial charge < -0.3 is 15.0 Å². The number of piperidine rings is 1. The van der Waals surface area contributed by atoms with Crippen LogP contribution in [0, 0.1) is 11.3 Å². The zero-order valence-electron chi connectivity index (χ0n) is 19.8. The molecule has 0 spiro atoms. The van der Waals surface area contributed by atoms with E-state index >= 15 is 0 Å². The molecule has 0 radical (unpaired) electrons. The normalized spacial score (nSPS) is 22.0. The van der Waals surface area contributed by atoms with Crippen molar-refractivity contribution in [2.75, 3.05) is 20.2 Å². The van der Waals surface area contributed by atoms with Crippen molar-refractivity contribution in [3.63, 3.8) is 0 Å². The fourth-order valence-corrected chi connectivity index (χ4v) is 3.51. The van der Waals surface area contributed by atoms with Gasteiger partial charge >= 0.3 is 6.18 Å². The summed E-state index contributed by atoms with van der Waals surface area (Å²) in [5, 5.41) is 11.1. The highest BCUT2D eigenvalue weighted by molar-refractivity contribution is 6.44. The van der Waals surface area contributed by atoms with Crippen molar-refractivity contribution in [3.8, 4) is 0 Å².